The number of aliphatic hydroxyl groups is 3. The molecule has 1 aromatic rings. The molecule has 0 aliphatic carbocycles. The number of aryl methyl sites for hydroxylation is 2. The first-order valence-electron chi connectivity index (χ1n) is 7.47. The first-order valence-corrected chi connectivity index (χ1v) is 7.47. The molecule has 7 heteroatoms. The van der Waals surface area contributed by atoms with E-state index in [0.29, 0.717) is 5.75 Å². The first-order chi connectivity index (χ1) is 10.8. The maximum atomic E-state index is 11.4. The van der Waals surface area contributed by atoms with Crippen molar-refractivity contribution in [3.05, 3.63) is 29.3 Å². The molecule has 0 aromatic heterocycles. The zero-order chi connectivity index (χ0) is 17.1. The Balaban J connectivity index is 2.29. The first kappa shape index (κ1) is 17.7. The highest BCUT2D eigenvalue weighted by Crippen LogP contribution is 2.28. The highest BCUT2D eigenvalue weighted by atomic mass is 16.7. The second kappa shape index (κ2) is 7.27. The minimum absolute atomic E-state index is 0.387. The molecule has 1 heterocycles. The van der Waals surface area contributed by atoms with E-state index in [-0.39, 0.29) is 5.91 Å². The Labute approximate surface area is 134 Å². The van der Waals surface area contributed by atoms with E-state index in [2.05, 4.69) is 5.32 Å². The summed E-state index contributed by atoms with van der Waals surface area (Å²) in [6, 6.07) is 4.67. The predicted molar refractivity (Wildman–Crippen MR) is 81.9 cm³/mol. The number of benzene rings is 1. The second-order valence-electron chi connectivity index (χ2n) is 5.77. The van der Waals surface area contributed by atoms with Gasteiger partial charge in [-0.1, -0.05) is 18.2 Å². The van der Waals surface area contributed by atoms with Crippen molar-refractivity contribution in [1.82, 2.24) is 5.32 Å². The van der Waals surface area contributed by atoms with Gasteiger partial charge in [0.1, 0.15) is 30.1 Å². The van der Waals surface area contributed by atoms with Crippen molar-refractivity contribution in [3.8, 4) is 5.75 Å². The Kier molecular flexibility index (Phi) is 5.59. The number of ether oxygens (including phenoxy) is 2. The summed E-state index contributed by atoms with van der Waals surface area (Å²) in [5, 5.41) is 32.0. The third kappa shape index (κ3) is 3.81. The average molecular weight is 325 g/mol. The lowest BCUT2D eigenvalue weighted by molar-refractivity contribution is -0.244. The topological polar surface area (TPSA) is 108 Å². The van der Waals surface area contributed by atoms with E-state index in [0.717, 1.165) is 11.1 Å². The van der Waals surface area contributed by atoms with E-state index in [9.17, 15) is 20.1 Å². The Morgan fingerprint density at radius 2 is 1.87 bits per heavy atom. The number of nitrogens with one attached hydrogen (secondary N) is 1. The molecule has 1 amide bonds. The van der Waals surface area contributed by atoms with Crippen LogP contribution in [0.1, 0.15) is 18.1 Å². The monoisotopic (exact) mass is 325 g/mol. The molecule has 23 heavy (non-hydrogen) atoms. The van der Waals surface area contributed by atoms with Gasteiger partial charge in [-0.15, -0.1) is 0 Å². The van der Waals surface area contributed by atoms with Crippen LogP contribution in [0.2, 0.25) is 0 Å². The van der Waals surface area contributed by atoms with Crippen LogP contribution in [-0.2, 0) is 9.53 Å². The fourth-order valence-corrected chi connectivity index (χ4v) is 2.67. The summed E-state index contributed by atoms with van der Waals surface area (Å²) >= 11 is 0. The SMILES string of the molecule is CC(=O)NC1C(Oc2c(C)cccc2C)OC(CO)C(O)C1O. The largest absolute Gasteiger partial charge is 0.462 e. The van der Waals surface area contributed by atoms with Crippen LogP contribution in [-0.4, -0.2) is 58.5 Å². The number of rotatable bonds is 4. The van der Waals surface area contributed by atoms with Crippen molar-refractivity contribution in [2.24, 2.45) is 0 Å². The van der Waals surface area contributed by atoms with Gasteiger partial charge < -0.3 is 30.1 Å². The van der Waals surface area contributed by atoms with Crippen LogP contribution in [0.5, 0.6) is 5.75 Å². The summed E-state index contributed by atoms with van der Waals surface area (Å²) in [6.07, 6.45) is -4.67. The summed E-state index contributed by atoms with van der Waals surface area (Å²) in [4.78, 5) is 11.4. The molecule has 0 spiro atoms. The van der Waals surface area contributed by atoms with Crippen molar-refractivity contribution in [1.29, 1.82) is 0 Å². The Morgan fingerprint density at radius 1 is 1.26 bits per heavy atom. The van der Waals surface area contributed by atoms with E-state index < -0.39 is 37.3 Å². The highest BCUT2D eigenvalue weighted by molar-refractivity contribution is 5.73. The molecule has 0 saturated carbocycles. The fraction of sp³-hybridized carbons (Fsp3) is 0.562. The maximum Gasteiger partial charge on any atom is 0.223 e. The van der Waals surface area contributed by atoms with E-state index >= 15 is 0 Å². The van der Waals surface area contributed by atoms with Crippen LogP contribution < -0.4 is 10.1 Å². The van der Waals surface area contributed by atoms with Gasteiger partial charge in [-0.3, -0.25) is 4.79 Å². The number of hydrogen-bond acceptors (Lipinski definition) is 6. The standard InChI is InChI=1S/C16H23NO6/c1-8-5-4-6-9(2)15(8)23-16-12(17-10(3)19)14(21)13(20)11(7-18)22-16/h4-6,11-14,16,18,20-21H,7H2,1-3H3,(H,17,19). The molecule has 7 nitrogen and oxygen atoms in total. The van der Waals surface area contributed by atoms with Gasteiger partial charge in [0.25, 0.3) is 0 Å². The molecule has 0 radical (unpaired) electrons. The molecule has 1 saturated heterocycles. The van der Waals surface area contributed by atoms with Crippen molar-refractivity contribution >= 4 is 5.91 Å². The van der Waals surface area contributed by atoms with Crippen LogP contribution in [0.3, 0.4) is 0 Å². The third-order valence-corrected chi connectivity index (χ3v) is 3.89. The molecule has 1 aliphatic heterocycles. The summed E-state index contributed by atoms with van der Waals surface area (Å²) in [6.45, 7) is 4.56. The predicted octanol–water partition coefficient (Wildman–Crippen LogP) is -0.374. The number of para-hydroxylation sites is 1. The Hall–Kier alpha value is -1.67. The van der Waals surface area contributed by atoms with Gasteiger partial charge in [0.05, 0.1) is 6.61 Å². The van der Waals surface area contributed by atoms with Crippen LogP contribution in [0.4, 0.5) is 0 Å². The highest BCUT2D eigenvalue weighted by Gasteiger charge is 2.46. The minimum atomic E-state index is -1.32. The second-order valence-corrected chi connectivity index (χ2v) is 5.77. The summed E-state index contributed by atoms with van der Waals surface area (Å²) in [5.41, 5.74) is 1.74. The lowest BCUT2D eigenvalue weighted by Gasteiger charge is -2.42. The van der Waals surface area contributed by atoms with Crippen molar-refractivity contribution in [2.45, 2.75) is 51.4 Å². The summed E-state index contributed by atoms with van der Waals surface area (Å²) < 4.78 is 11.4. The lowest BCUT2D eigenvalue weighted by Crippen LogP contribution is -2.65. The fourth-order valence-electron chi connectivity index (χ4n) is 2.67. The normalized spacial score (nSPS) is 30.8. The zero-order valence-electron chi connectivity index (χ0n) is 13.4. The molecule has 1 aliphatic rings. The third-order valence-electron chi connectivity index (χ3n) is 3.89. The number of amides is 1. The number of carbonyl (C=O) groups excluding carboxylic acids is 1. The van der Waals surface area contributed by atoms with Gasteiger partial charge in [0.2, 0.25) is 12.2 Å². The smallest absolute Gasteiger partial charge is 0.223 e. The molecule has 1 aromatic carbocycles. The molecule has 128 valence electrons. The van der Waals surface area contributed by atoms with Gasteiger partial charge in [0.15, 0.2) is 0 Å². The molecule has 1 fully saturated rings. The van der Waals surface area contributed by atoms with E-state index in [4.69, 9.17) is 9.47 Å². The van der Waals surface area contributed by atoms with Gasteiger partial charge in [-0.25, -0.2) is 0 Å². The molecule has 5 unspecified atom stereocenters. The molecule has 2 rings (SSSR count). The van der Waals surface area contributed by atoms with Crippen molar-refractivity contribution in [3.63, 3.8) is 0 Å². The van der Waals surface area contributed by atoms with Crippen LogP contribution in [0.15, 0.2) is 18.2 Å². The van der Waals surface area contributed by atoms with E-state index in [1.807, 2.05) is 32.0 Å². The summed E-state index contributed by atoms with van der Waals surface area (Å²) in [5.74, 6) is 0.190. The zero-order valence-corrected chi connectivity index (χ0v) is 13.4. The molecule has 5 atom stereocenters. The van der Waals surface area contributed by atoms with Crippen molar-refractivity contribution in [2.75, 3.05) is 6.61 Å². The number of hydrogen-bond donors (Lipinski definition) is 4. The number of aliphatic hydroxyl groups excluding tert-OH is 3. The van der Waals surface area contributed by atoms with Crippen molar-refractivity contribution < 1.29 is 29.6 Å². The molecular weight excluding hydrogens is 302 g/mol. The summed E-state index contributed by atoms with van der Waals surface area (Å²) in [7, 11) is 0. The van der Waals surface area contributed by atoms with Crippen LogP contribution in [0, 0.1) is 13.8 Å². The van der Waals surface area contributed by atoms with E-state index in [1.165, 1.54) is 6.92 Å². The maximum absolute atomic E-state index is 11.4. The lowest BCUT2D eigenvalue weighted by atomic mass is 9.97. The van der Waals surface area contributed by atoms with Crippen LogP contribution in [0.25, 0.3) is 0 Å². The van der Waals surface area contributed by atoms with Crippen LogP contribution >= 0.6 is 0 Å². The van der Waals surface area contributed by atoms with Gasteiger partial charge >= 0.3 is 0 Å². The molecule has 0 bridgehead atoms. The Morgan fingerprint density at radius 3 is 2.39 bits per heavy atom. The average Bonchev–Trinajstić information content (AvgIpc) is 2.49. The quantitative estimate of drug-likeness (QED) is 0.601. The van der Waals surface area contributed by atoms with Gasteiger partial charge in [-0.05, 0) is 25.0 Å². The minimum Gasteiger partial charge on any atom is -0.462 e. The van der Waals surface area contributed by atoms with Gasteiger partial charge in [0, 0.05) is 6.92 Å². The van der Waals surface area contributed by atoms with E-state index in [1.54, 1.807) is 0 Å². The Bertz CT molecular complexity index is 543. The molecule has 4 N–H and O–H groups in total. The number of carbonyl (C=O) groups is 1. The molecular formula is C16H23NO6. The van der Waals surface area contributed by atoms with Gasteiger partial charge in [-0.2, -0.15) is 0 Å².